The maximum atomic E-state index is 5.92. The Hall–Kier alpha value is -2.37. The van der Waals surface area contributed by atoms with Gasteiger partial charge in [0.1, 0.15) is 6.26 Å². The Kier molecular flexibility index (Phi) is 1.91. The summed E-state index contributed by atoms with van der Waals surface area (Å²) in [5.74, 6) is 1.23. The van der Waals surface area contributed by atoms with Crippen molar-refractivity contribution in [3.63, 3.8) is 0 Å². The maximum Gasteiger partial charge on any atom is 0.193 e. The van der Waals surface area contributed by atoms with Gasteiger partial charge in [-0.15, -0.1) is 5.10 Å². The van der Waals surface area contributed by atoms with E-state index in [0.717, 1.165) is 11.1 Å². The second-order valence-corrected chi connectivity index (χ2v) is 3.82. The molecule has 6 heteroatoms. The molecule has 17 heavy (non-hydrogen) atoms. The van der Waals surface area contributed by atoms with Crippen LogP contribution in [0.4, 0.5) is 5.69 Å². The second kappa shape index (κ2) is 3.31. The summed E-state index contributed by atoms with van der Waals surface area (Å²) in [4.78, 5) is 8.42. The molecule has 3 heterocycles. The largest absolute Gasteiger partial charge is 0.447 e. The van der Waals surface area contributed by atoms with Crippen molar-refractivity contribution in [1.82, 2.24) is 19.7 Å². The lowest BCUT2D eigenvalue weighted by Crippen LogP contribution is -1.99. The lowest BCUT2D eigenvalue weighted by Gasteiger charge is -1.98. The van der Waals surface area contributed by atoms with E-state index in [1.807, 2.05) is 6.92 Å². The number of oxazole rings is 1. The molecular weight excluding hydrogens is 218 g/mol. The molecule has 0 aromatic carbocycles. The Morgan fingerprint density at radius 3 is 2.82 bits per heavy atom. The number of aryl methyl sites for hydroxylation is 2. The Bertz CT molecular complexity index is 697. The molecule has 0 bridgehead atoms. The molecule has 0 unspecified atom stereocenters. The van der Waals surface area contributed by atoms with E-state index in [1.165, 1.54) is 0 Å². The molecule has 86 valence electrons. The zero-order valence-corrected chi connectivity index (χ0v) is 9.51. The van der Waals surface area contributed by atoms with Gasteiger partial charge in [-0.1, -0.05) is 0 Å². The first-order chi connectivity index (χ1) is 8.16. The molecule has 0 saturated carbocycles. The van der Waals surface area contributed by atoms with Crippen LogP contribution in [-0.2, 0) is 0 Å². The quantitative estimate of drug-likeness (QED) is 0.685. The first kappa shape index (κ1) is 9.83. The van der Waals surface area contributed by atoms with E-state index in [0.29, 0.717) is 23.0 Å². The van der Waals surface area contributed by atoms with Crippen molar-refractivity contribution in [2.24, 2.45) is 0 Å². The molecule has 3 rings (SSSR count). The van der Waals surface area contributed by atoms with Gasteiger partial charge in [-0.05, 0) is 13.0 Å². The normalized spacial score (nSPS) is 11.2. The first-order valence-corrected chi connectivity index (χ1v) is 5.19. The maximum absolute atomic E-state index is 5.92. The number of anilines is 1. The zero-order chi connectivity index (χ0) is 12.0. The molecule has 0 atom stereocenters. The van der Waals surface area contributed by atoms with E-state index < -0.39 is 0 Å². The minimum atomic E-state index is 0.597. The molecule has 0 spiro atoms. The van der Waals surface area contributed by atoms with Crippen molar-refractivity contribution in [2.45, 2.75) is 13.8 Å². The lowest BCUT2D eigenvalue weighted by molar-refractivity contribution is 0.520. The van der Waals surface area contributed by atoms with Crippen molar-refractivity contribution in [3.8, 4) is 5.82 Å². The van der Waals surface area contributed by atoms with Crippen LogP contribution in [0.2, 0.25) is 0 Å². The van der Waals surface area contributed by atoms with Gasteiger partial charge in [0.25, 0.3) is 0 Å². The first-order valence-electron chi connectivity index (χ1n) is 5.19. The molecule has 0 saturated heterocycles. The van der Waals surface area contributed by atoms with E-state index in [4.69, 9.17) is 10.2 Å². The summed E-state index contributed by atoms with van der Waals surface area (Å²) in [6, 6.07) is 1.76. The third kappa shape index (κ3) is 1.37. The highest BCUT2D eigenvalue weighted by Gasteiger charge is 2.14. The number of hydrogen-bond donors (Lipinski definition) is 1. The van der Waals surface area contributed by atoms with Gasteiger partial charge in [0.15, 0.2) is 17.4 Å². The Balaban J connectivity index is 2.32. The number of rotatable bonds is 1. The second-order valence-electron chi connectivity index (χ2n) is 3.82. The van der Waals surface area contributed by atoms with Gasteiger partial charge in [0, 0.05) is 18.8 Å². The minimum absolute atomic E-state index is 0.597. The number of aromatic nitrogens is 4. The molecule has 3 aromatic rings. The molecule has 2 N–H and O–H groups in total. The van der Waals surface area contributed by atoms with Crippen LogP contribution in [0.3, 0.4) is 0 Å². The number of nitrogen functional groups attached to an aromatic ring is 1. The van der Waals surface area contributed by atoms with Crippen LogP contribution in [0, 0.1) is 13.8 Å². The molecule has 6 nitrogen and oxygen atoms in total. The highest BCUT2D eigenvalue weighted by molar-refractivity contribution is 5.90. The average molecular weight is 229 g/mol. The van der Waals surface area contributed by atoms with Crippen LogP contribution in [-0.4, -0.2) is 19.7 Å². The summed E-state index contributed by atoms with van der Waals surface area (Å²) in [6.45, 7) is 3.71. The summed E-state index contributed by atoms with van der Waals surface area (Å²) in [6.07, 6.45) is 3.20. The van der Waals surface area contributed by atoms with E-state index in [2.05, 4.69) is 15.1 Å². The van der Waals surface area contributed by atoms with Crippen LogP contribution >= 0.6 is 0 Å². The van der Waals surface area contributed by atoms with Crippen molar-refractivity contribution < 1.29 is 4.42 Å². The smallest absolute Gasteiger partial charge is 0.193 e. The predicted molar refractivity (Wildman–Crippen MR) is 62.8 cm³/mol. The number of hydrogen-bond acceptors (Lipinski definition) is 5. The highest BCUT2D eigenvalue weighted by atomic mass is 16.3. The van der Waals surface area contributed by atoms with E-state index in [-0.39, 0.29) is 0 Å². The molecule has 0 aliphatic heterocycles. The molecule has 0 aliphatic rings. The van der Waals surface area contributed by atoms with Crippen molar-refractivity contribution in [3.05, 3.63) is 30.1 Å². The van der Waals surface area contributed by atoms with Gasteiger partial charge < -0.3 is 10.2 Å². The fourth-order valence-electron chi connectivity index (χ4n) is 1.86. The van der Waals surface area contributed by atoms with Gasteiger partial charge in [-0.25, -0.2) is 9.67 Å². The highest BCUT2D eigenvalue weighted by Crippen LogP contribution is 2.24. The topological polar surface area (TPSA) is 82.8 Å². The van der Waals surface area contributed by atoms with Crippen LogP contribution in [0.5, 0.6) is 0 Å². The van der Waals surface area contributed by atoms with E-state index >= 15 is 0 Å². The molecule has 0 amide bonds. The van der Waals surface area contributed by atoms with Crippen LogP contribution in [0.25, 0.3) is 16.9 Å². The van der Waals surface area contributed by atoms with Gasteiger partial charge in [-0.2, -0.15) is 4.98 Å². The van der Waals surface area contributed by atoms with Gasteiger partial charge in [-0.3, -0.25) is 0 Å². The summed E-state index contributed by atoms with van der Waals surface area (Å²) in [5, 5.41) is 5.21. The zero-order valence-electron chi connectivity index (χ0n) is 9.51. The van der Waals surface area contributed by atoms with Crippen LogP contribution in [0.15, 0.2) is 22.9 Å². The standard InChI is InChI=1S/C11H11N5O/c1-6-10-8(12)3-4-13-11(10)15-16(6)9-5-17-7(2)14-9/h3-5H,12H2,1-2H3. The number of fused-ring (bicyclic) bond motifs is 1. The molecular formula is C11H11N5O. The molecule has 3 aromatic heterocycles. The monoisotopic (exact) mass is 229 g/mol. The Morgan fingerprint density at radius 2 is 2.18 bits per heavy atom. The fourth-order valence-corrected chi connectivity index (χ4v) is 1.86. The lowest BCUT2D eigenvalue weighted by atomic mass is 10.2. The third-order valence-corrected chi connectivity index (χ3v) is 2.66. The van der Waals surface area contributed by atoms with Crippen molar-refractivity contribution in [1.29, 1.82) is 0 Å². The molecule has 0 radical (unpaired) electrons. The SMILES string of the molecule is Cc1nc(-n2nc3nccc(N)c3c2C)co1. The summed E-state index contributed by atoms with van der Waals surface area (Å²) in [7, 11) is 0. The van der Waals surface area contributed by atoms with E-state index in [9.17, 15) is 0 Å². The van der Waals surface area contributed by atoms with Gasteiger partial charge in [0.05, 0.1) is 11.1 Å². The third-order valence-electron chi connectivity index (χ3n) is 2.66. The summed E-state index contributed by atoms with van der Waals surface area (Å²) in [5.41, 5.74) is 8.10. The van der Waals surface area contributed by atoms with Crippen molar-refractivity contribution in [2.75, 3.05) is 5.73 Å². The Labute approximate surface area is 97.1 Å². The number of nitrogens with zero attached hydrogens (tertiary/aromatic N) is 4. The molecule has 0 fully saturated rings. The number of nitrogens with two attached hydrogens (primary N) is 1. The van der Waals surface area contributed by atoms with Crippen LogP contribution in [0.1, 0.15) is 11.6 Å². The Morgan fingerprint density at radius 1 is 1.35 bits per heavy atom. The average Bonchev–Trinajstić information content (AvgIpc) is 2.84. The van der Waals surface area contributed by atoms with Crippen molar-refractivity contribution >= 4 is 16.7 Å². The predicted octanol–water partition coefficient (Wildman–Crippen LogP) is 1.61. The molecule has 0 aliphatic carbocycles. The van der Waals surface area contributed by atoms with Crippen LogP contribution < -0.4 is 5.73 Å². The van der Waals surface area contributed by atoms with E-state index in [1.54, 1.807) is 30.1 Å². The van der Waals surface area contributed by atoms with Gasteiger partial charge >= 0.3 is 0 Å². The summed E-state index contributed by atoms with van der Waals surface area (Å²) >= 11 is 0. The summed E-state index contributed by atoms with van der Waals surface area (Å²) < 4.78 is 6.86. The fraction of sp³-hybridized carbons (Fsp3) is 0.182. The number of pyridine rings is 1. The van der Waals surface area contributed by atoms with Gasteiger partial charge in [0.2, 0.25) is 0 Å². The minimum Gasteiger partial charge on any atom is -0.447 e.